The molecule has 4 fully saturated rings. The Kier molecular flexibility index (Phi) is 28.8. The van der Waals surface area contributed by atoms with E-state index in [1.54, 1.807) is 35.1 Å². The van der Waals surface area contributed by atoms with Crippen LogP contribution in [0.5, 0.6) is 0 Å². The predicted octanol–water partition coefficient (Wildman–Crippen LogP) is 21.3. The maximum absolute atomic E-state index is 5.48. The number of hydrogen-bond donors (Lipinski definition) is 0. The zero-order valence-corrected chi connectivity index (χ0v) is 64.7. The first-order valence-corrected chi connectivity index (χ1v) is 35.2. The van der Waals surface area contributed by atoms with Crippen LogP contribution in [0.1, 0.15) is 189 Å². The third-order valence-corrected chi connectivity index (χ3v) is 22.1. The molecule has 0 spiro atoms. The number of aryl methyl sites for hydroxylation is 2. The van der Waals surface area contributed by atoms with Crippen molar-refractivity contribution >= 4 is 70.2 Å². The molecular formula is C75H87N9OPd3PtS4-4. The summed E-state index contributed by atoms with van der Waals surface area (Å²) in [5, 5.41) is 13.4. The second kappa shape index (κ2) is 35.0. The van der Waals surface area contributed by atoms with Crippen LogP contribution in [0.3, 0.4) is 0 Å². The molecule has 4 aliphatic rings. The molecule has 93 heavy (non-hydrogen) atoms. The first-order chi connectivity index (χ1) is 43.1. The molecule has 14 rings (SSSR count). The van der Waals surface area contributed by atoms with Gasteiger partial charge in [-0.05, 0) is 126 Å². The van der Waals surface area contributed by atoms with Crippen LogP contribution in [0, 0.1) is 23.2 Å². The number of rotatable bonds is 14. The molecule has 506 valence electrons. The summed E-state index contributed by atoms with van der Waals surface area (Å²) in [6, 6.07) is 31.5. The topological polar surface area (TPSA) is 124 Å². The minimum atomic E-state index is 0. The zero-order valence-electron chi connectivity index (χ0n) is 54.5. The normalized spacial score (nSPS) is 16.8. The second-order valence-corrected chi connectivity index (χ2v) is 29.7. The molecule has 10 nitrogen and oxygen atoms in total. The van der Waals surface area contributed by atoms with E-state index in [2.05, 4.69) is 138 Å². The molecule has 18 heteroatoms. The van der Waals surface area contributed by atoms with Crippen LogP contribution >= 0.6 is 22.7 Å². The van der Waals surface area contributed by atoms with E-state index in [1.165, 1.54) is 149 Å². The van der Waals surface area contributed by atoms with Gasteiger partial charge in [-0.25, -0.2) is 24.9 Å². The van der Waals surface area contributed by atoms with Gasteiger partial charge in [0.25, 0.3) is 0 Å². The fourth-order valence-corrected chi connectivity index (χ4v) is 16.8. The molecule has 0 radical (unpaired) electrons. The summed E-state index contributed by atoms with van der Waals surface area (Å²) in [7, 11) is 2.02. The summed E-state index contributed by atoms with van der Waals surface area (Å²) in [5.74, 6) is 2.71. The van der Waals surface area contributed by atoms with E-state index in [0.29, 0.717) is 44.1 Å². The van der Waals surface area contributed by atoms with Crippen LogP contribution < -0.4 is 4.98 Å². The van der Waals surface area contributed by atoms with Crippen molar-refractivity contribution < 1.29 is 86.8 Å². The molecule has 0 saturated heterocycles. The Bertz CT molecular complexity index is 3900. The average molecular weight is 1770 g/mol. The SMILES string of the molecule is CC1(Cc2nc(-c3ccccc3[N-]c3ccccc3)cs2)CCCC1.CCC(c1ncc(-c2ncco2)c([S-])n1)C1(C)CCCCC1.Cc1nc(-c2cccc3c(C4(C)CCCCC4)c[n-]c23)cs1.Cn1ccnc1-c1cc(CC2(C)CCCC2)ccc1[S-].[Pd].[Pd].[Pd].[Pt]. The summed E-state index contributed by atoms with van der Waals surface area (Å²) >= 11 is 14.4. The van der Waals surface area contributed by atoms with Crippen molar-refractivity contribution in [1.82, 2.24) is 39.5 Å². The second-order valence-electron chi connectivity index (χ2n) is 26.9. The monoisotopic (exact) mass is 1770 g/mol. The van der Waals surface area contributed by atoms with Crippen LogP contribution in [0.25, 0.3) is 61.6 Å². The quantitative estimate of drug-likeness (QED) is 0.0590. The van der Waals surface area contributed by atoms with E-state index < -0.39 is 0 Å². The van der Waals surface area contributed by atoms with Crippen molar-refractivity contribution in [2.75, 3.05) is 0 Å². The van der Waals surface area contributed by atoms with Crippen molar-refractivity contribution in [3.05, 3.63) is 171 Å². The number of fused-ring (bicyclic) bond motifs is 1. The van der Waals surface area contributed by atoms with E-state index in [9.17, 15) is 0 Å². The Hall–Kier alpha value is -3.90. The number of para-hydroxylation sites is 3. The number of aromatic nitrogens is 8. The third-order valence-electron chi connectivity index (χ3n) is 19.8. The van der Waals surface area contributed by atoms with Crippen molar-refractivity contribution in [1.29, 1.82) is 0 Å². The number of imidazole rings is 1. The smallest absolute Gasteiger partial charge is 0.227 e. The zero-order chi connectivity index (χ0) is 62.0. The molecule has 1 atom stereocenters. The van der Waals surface area contributed by atoms with Gasteiger partial charge in [-0.1, -0.05) is 194 Å². The van der Waals surface area contributed by atoms with Gasteiger partial charge in [-0.2, -0.15) is 11.1 Å². The maximum Gasteiger partial charge on any atom is 0.227 e. The molecule has 10 aromatic rings. The van der Waals surface area contributed by atoms with E-state index in [-0.39, 0.29) is 82.3 Å². The summed E-state index contributed by atoms with van der Waals surface area (Å²) in [6.07, 6.45) is 38.1. The first-order valence-electron chi connectivity index (χ1n) is 32.6. The van der Waals surface area contributed by atoms with Crippen LogP contribution in [0.15, 0.2) is 153 Å². The van der Waals surface area contributed by atoms with Crippen molar-refractivity contribution in [2.45, 2.75) is 198 Å². The summed E-state index contributed by atoms with van der Waals surface area (Å²) in [4.78, 5) is 33.1. The summed E-state index contributed by atoms with van der Waals surface area (Å²) in [6.45, 7) is 13.9. The van der Waals surface area contributed by atoms with Gasteiger partial charge in [0.15, 0.2) is 0 Å². The van der Waals surface area contributed by atoms with Gasteiger partial charge in [0.05, 0.1) is 33.2 Å². The molecule has 6 heterocycles. The Morgan fingerprint density at radius 3 is 1.91 bits per heavy atom. The minimum Gasteiger partial charge on any atom is -0.779 e. The molecule has 0 aliphatic heterocycles. The maximum atomic E-state index is 5.48. The molecular weight excluding hydrogens is 1690 g/mol. The molecule has 4 aliphatic carbocycles. The fourth-order valence-electron chi connectivity index (χ4n) is 14.7. The molecule has 1 unspecified atom stereocenters. The van der Waals surface area contributed by atoms with Crippen molar-refractivity contribution in [3.63, 3.8) is 0 Å². The molecule has 4 saturated carbocycles. The number of hydrogen-bond acceptors (Lipinski definition) is 11. The minimum absolute atomic E-state index is 0. The molecule has 0 amide bonds. The Balaban J connectivity index is 0.000000174. The van der Waals surface area contributed by atoms with Gasteiger partial charge in [0, 0.05) is 131 Å². The van der Waals surface area contributed by atoms with Gasteiger partial charge in [0.1, 0.15) is 17.9 Å². The van der Waals surface area contributed by atoms with Gasteiger partial charge in [0.2, 0.25) is 5.89 Å². The fraction of sp³-hybridized carbons (Fsp3) is 0.440. The number of nitrogens with zero attached hydrogens (tertiary/aromatic N) is 9. The summed E-state index contributed by atoms with van der Waals surface area (Å²) in [5.41, 5.74) is 13.6. The predicted molar refractivity (Wildman–Crippen MR) is 372 cm³/mol. The van der Waals surface area contributed by atoms with Crippen molar-refractivity contribution in [3.8, 4) is 45.4 Å². The van der Waals surface area contributed by atoms with Gasteiger partial charge in [-0.3, -0.25) is 4.98 Å². The standard InChI is InChI=1S/C22H23N2S.C19H21N2S.C17H23N3OS.C17H22N2S.3Pd.Pt/c1-22(13-7-8-14-22)15-21-24-20(16-25-21)18-11-5-6-12-19(18)23-17-9-3-2-4-10-17;1-13-21-17(12-22-13)15-8-6-7-14-16(11-20-18(14)15)19(2)9-4-3-5-10-19;1-3-13(17(2)7-5-4-6-8-17)14-19-11-12(16(22)20-14)15-18-9-10-21-15;1-17(7-3-4-8-17)12-13-5-6-15(20)14(11-13)16-18-9-10-19(16)2;;;;/h2-6,9-12,16H,7-8,13-15H2,1H3;6-8,11-12H,3-5,9-10H2,1-2H3;9-11,13H,3-8H2,1-2H3,(H,19,20,22);5-6,9-11,20H,3-4,7-8,12H2,1-2H3;;;;/q2*-1;;;;;;/p-2. The number of oxazole rings is 1. The Labute approximate surface area is 627 Å². The first kappa shape index (κ1) is 76.5. The summed E-state index contributed by atoms with van der Waals surface area (Å²) < 4.78 is 7.34. The van der Waals surface area contributed by atoms with E-state index in [1.807, 2.05) is 60.4 Å². The molecule has 0 bridgehead atoms. The number of benzene rings is 4. The molecule has 0 N–H and O–H groups in total. The van der Waals surface area contributed by atoms with Gasteiger partial charge >= 0.3 is 0 Å². The van der Waals surface area contributed by atoms with E-state index >= 15 is 0 Å². The van der Waals surface area contributed by atoms with Crippen LogP contribution in [0.2, 0.25) is 0 Å². The van der Waals surface area contributed by atoms with Gasteiger partial charge < -0.3 is 44.5 Å². The van der Waals surface area contributed by atoms with Crippen LogP contribution in [-0.2, 0) is 133 Å². The molecule has 6 aromatic heterocycles. The van der Waals surface area contributed by atoms with Crippen LogP contribution in [-0.4, -0.2) is 34.5 Å². The number of thiazole rings is 2. The average Bonchev–Trinajstić information content (AvgIpc) is 1.71. The Morgan fingerprint density at radius 1 is 0.645 bits per heavy atom. The largest absolute Gasteiger partial charge is 0.779 e. The van der Waals surface area contributed by atoms with E-state index in [4.69, 9.17) is 45.0 Å². The van der Waals surface area contributed by atoms with Crippen LogP contribution in [0.4, 0.5) is 11.4 Å². The third kappa shape index (κ3) is 19.1. The van der Waals surface area contributed by atoms with Crippen molar-refractivity contribution in [2.24, 2.45) is 23.3 Å². The molecule has 4 aromatic carbocycles. The van der Waals surface area contributed by atoms with E-state index in [0.717, 1.165) is 80.2 Å². The Morgan fingerprint density at radius 2 is 1.28 bits per heavy atom. The van der Waals surface area contributed by atoms with Gasteiger partial charge in [-0.15, -0.1) is 39.6 Å².